The Labute approximate surface area is 289 Å². The number of halogens is 1. The van der Waals surface area contributed by atoms with Gasteiger partial charge in [-0.15, -0.1) is 4.36 Å². The molecule has 1 spiro atoms. The molecule has 0 aromatic heterocycles. The Bertz CT molecular complexity index is 1720. The van der Waals surface area contributed by atoms with Gasteiger partial charge in [-0.1, -0.05) is 36.7 Å². The first-order valence-corrected chi connectivity index (χ1v) is 19.4. The van der Waals surface area contributed by atoms with Gasteiger partial charge in [0.05, 0.1) is 36.7 Å². The maximum absolute atomic E-state index is 14.4. The van der Waals surface area contributed by atoms with Crippen molar-refractivity contribution < 1.29 is 28.0 Å². The first-order valence-electron chi connectivity index (χ1n) is 17.3. The number of rotatable bonds is 3. The number of anilines is 1. The molecule has 9 nitrogen and oxygen atoms in total. The number of carbonyl (C=O) groups is 2. The number of hydrogen-bond donors (Lipinski definition) is 1. The highest BCUT2D eigenvalue weighted by Crippen LogP contribution is 2.47. The number of amides is 2. The fraction of sp³-hybridized carbons (Fsp3) is 0.568. The lowest BCUT2D eigenvalue weighted by atomic mass is 9.68. The monoisotopic (exact) mass is 695 g/mol. The lowest BCUT2D eigenvalue weighted by Gasteiger charge is -2.46. The number of methoxy groups -OCH3 is 1. The smallest absolute Gasteiger partial charge is 0.286 e. The Morgan fingerprint density at radius 1 is 1.19 bits per heavy atom. The van der Waals surface area contributed by atoms with Crippen LogP contribution < -0.4 is 14.4 Å². The average molecular weight is 696 g/mol. The number of fused-ring (bicyclic) bond motifs is 4. The molecule has 48 heavy (non-hydrogen) atoms. The molecular formula is C37H46ClN3O6S. The molecule has 1 saturated heterocycles. The van der Waals surface area contributed by atoms with Crippen molar-refractivity contribution in [1.82, 2.24) is 4.72 Å². The van der Waals surface area contributed by atoms with Gasteiger partial charge >= 0.3 is 0 Å². The van der Waals surface area contributed by atoms with Crippen LogP contribution in [-0.4, -0.2) is 67.9 Å². The zero-order valence-electron chi connectivity index (χ0n) is 27.8. The van der Waals surface area contributed by atoms with Crippen LogP contribution in [0.4, 0.5) is 5.69 Å². The van der Waals surface area contributed by atoms with Crippen molar-refractivity contribution >= 4 is 39.0 Å². The van der Waals surface area contributed by atoms with E-state index in [0.717, 1.165) is 55.9 Å². The van der Waals surface area contributed by atoms with Crippen LogP contribution in [0.2, 0.25) is 5.02 Å². The van der Waals surface area contributed by atoms with Gasteiger partial charge in [-0.3, -0.25) is 14.3 Å². The lowest BCUT2D eigenvalue weighted by Crippen LogP contribution is -2.49. The largest absolute Gasteiger partial charge is 0.490 e. The van der Waals surface area contributed by atoms with Crippen LogP contribution in [-0.2, 0) is 36.0 Å². The molecule has 3 aliphatic heterocycles. The number of benzene rings is 2. The van der Waals surface area contributed by atoms with Gasteiger partial charge in [-0.05, 0) is 104 Å². The van der Waals surface area contributed by atoms with Crippen LogP contribution in [0.3, 0.4) is 0 Å². The van der Waals surface area contributed by atoms with Gasteiger partial charge in [0.25, 0.3) is 5.91 Å². The first kappa shape index (κ1) is 33.6. The van der Waals surface area contributed by atoms with Gasteiger partial charge in [0.1, 0.15) is 15.7 Å². The Morgan fingerprint density at radius 2 is 2.06 bits per heavy atom. The number of nitrogens with one attached hydrogen (secondary N) is 1. The summed E-state index contributed by atoms with van der Waals surface area (Å²) in [5.41, 5.74) is 3.46. The molecule has 3 heterocycles. The summed E-state index contributed by atoms with van der Waals surface area (Å²) in [5.74, 6) is 0.0143. The second kappa shape index (κ2) is 13.8. The molecule has 0 unspecified atom stereocenters. The fourth-order valence-electron chi connectivity index (χ4n) is 8.35. The summed E-state index contributed by atoms with van der Waals surface area (Å²) in [5, 5.41) is 0.746. The number of aryl methyl sites for hydroxylation is 1. The van der Waals surface area contributed by atoms with Gasteiger partial charge in [-0.25, -0.2) is 4.21 Å². The van der Waals surface area contributed by atoms with E-state index in [2.05, 4.69) is 38.3 Å². The number of carbonyl (C=O) groups excluding carboxylic acids is 2. The highest BCUT2D eigenvalue weighted by Gasteiger charge is 2.44. The van der Waals surface area contributed by atoms with Crippen LogP contribution in [0.25, 0.3) is 0 Å². The van der Waals surface area contributed by atoms with Crippen molar-refractivity contribution in [3.05, 3.63) is 70.3 Å². The Kier molecular flexibility index (Phi) is 9.63. The Balaban J connectivity index is 1.30. The predicted octanol–water partition coefficient (Wildman–Crippen LogP) is 6.13. The molecule has 2 bridgehead atoms. The summed E-state index contributed by atoms with van der Waals surface area (Å²) in [7, 11) is -1.66. The number of nitrogens with zero attached hydrogens (tertiary/aromatic N) is 2. The van der Waals surface area contributed by atoms with Crippen LogP contribution >= 0.6 is 11.6 Å². The molecule has 7 rings (SSSR count). The van der Waals surface area contributed by atoms with Crippen molar-refractivity contribution in [2.75, 3.05) is 50.7 Å². The topological polar surface area (TPSA) is 107 Å². The quantitative estimate of drug-likeness (QED) is 0.386. The third-order valence-electron chi connectivity index (χ3n) is 11.1. The van der Waals surface area contributed by atoms with E-state index >= 15 is 0 Å². The van der Waals surface area contributed by atoms with Crippen LogP contribution in [0.1, 0.15) is 66.9 Å². The molecule has 258 valence electrons. The van der Waals surface area contributed by atoms with Crippen LogP contribution in [0.15, 0.2) is 52.9 Å². The molecular weight excluding hydrogens is 650 g/mol. The number of allylic oxidation sites excluding steroid dienone is 1. The Morgan fingerprint density at radius 3 is 2.83 bits per heavy atom. The zero-order valence-corrected chi connectivity index (χ0v) is 29.4. The molecule has 2 fully saturated rings. The van der Waals surface area contributed by atoms with Gasteiger partial charge in [0.2, 0.25) is 5.91 Å². The third kappa shape index (κ3) is 6.78. The molecule has 11 heteroatoms. The zero-order chi connectivity index (χ0) is 33.5. The van der Waals surface area contributed by atoms with E-state index in [1.54, 1.807) is 13.2 Å². The summed E-state index contributed by atoms with van der Waals surface area (Å²) in [6.07, 6.45) is 10.5. The highest BCUT2D eigenvalue weighted by atomic mass is 35.5. The van der Waals surface area contributed by atoms with E-state index in [1.165, 1.54) is 11.1 Å². The Hall–Kier alpha value is -2.92. The fourth-order valence-corrected chi connectivity index (χ4v) is 10.5. The standard InChI is InChI=1S/C37H46ClN3O6S/c1-24-5-3-7-33(45-2)30-11-8-27(30)19-41-22-37(15-4-6-25-17-29(38)10-12-31(25)37)23-47-34-13-9-26(18-32(34)41)35(42)39-48(44,21-24)40-36(43)28-14-16-46-20-28/h3,7,9-10,12-13,17-18,24,27-28,30,33H,4-6,8,11,14-16,19-23H2,1-2H3,(H,39,40,42,43,44)/b7-3+/t24-,27-,28-,30+,33-,37-,48-/m0/s1. The summed E-state index contributed by atoms with van der Waals surface area (Å²) >= 11 is 6.45. The minimum Gasteiger partial charge on any atom is -0.490 e. The first-order chi connectivity index (χ1) is 23.1. The second-order valence-corrected chi connectivity index (χ2v) is 16.9. The summed E-state index contributed by atoms with van der Waals surface area (Å²) in [4.78, 5) is 29.4. The van der Waals surface area contributed by atoms with Crippen molar-refractivity contribution in [2.24, 2.45) is 28.0 Å². The average Bonchev–Trinajstić information content (AvgIpc) is 3.55. The van der Waals surface area contributed by atoms with Crippen LogP contribution in [0, 0.1) is 23.7 Å². The normalized spacial score (nSPS) is 34.1. The van der Waals surface area contributed by atoms with Crippen molar-refractivity contribution in [1.29, 1.82) is 0 Å². The molecule has 5 aliphatic rings. The summed E-state index contributed by atoms with van der Waals surface area (Å²) < 4.78 is 39.4. The number of hydrogen-bond acceptors (Lipinski definition) is 7. The van der Waals surface area contributed by atoms with E-state index in [1.807, 2.05) is 25.1 Å². The molecule has 2 amide bonds. The highest BCUT2D eigenvalue weighted by molar-refractivity contribution is 7.92. The van der Waals surface area contributed by atoms with Gasteiger partial charge in [-0.2, -0.15) is 0 Å². The van der Waals surface area contributed by atoms with E-state index in [-0.39, 0.29) is 35.7 Å². The second-order valence-electron chi connectivity index (χ2n) is 14.5. The molecule has 1 N–H and O–H groups in total. The maximum Gasteiger partial charge on any atom is 0.286 e. The number of ether oxygens (including phenoxy) is 3. The van der Waals surface area contributed by atoms with Crippen molar-refractivity contribution in [3.63, 3.8) is 0 Å². The molecule has 2 aromatic rings. The SMILES string of the molecule is CO[C@H]1/C=C/C[C@H](C)C[S@@](=O)(NC(=O)[C@H]2CCOC2)=NC(=O)c2ccc3c(c2)N(C[C@@H]2CC[C@H]21)C[C@@]1(CCCc2cc(Cl)ccc21)CO3. The van der Waals surface area contributed by atoms with E-state index in [0.29, 0.717) is 49.2 Å². The molecule has 1 saturated carbocycles. The molecule has 0 radical (unpaired) electrons. The maximum atomic E-state index is 14.4. The molecule has 2 aromatic carbocycles. The van der Waals surface area contributed by atoms with Gasteiger partial charge in [0.15, 0.2) is 0 Å². The molecule has 2 aliphatic carbocycles. The van der Waals surface area contributed by atoms with Crippen molar-refractivity contribution in [2.45, 2.75) is 63.4 Å². The van der Waals surface area contributed by atoms with Gasteiger partial charge < -0.3 is 19.1 Å². The summed E-state index contributed by atoms with van der Waals surface area (Å²) in [6, 6.07) is 11.6. The minimum atomic E-state index is -3.43. The van der Waals surface area contributed by atoms with Crippen LogP contribution in [0.5, 0.6) is 5.75 Å². The van der Waals surface area contributed by atoms with Crippen molar-refractivity contribution in [3.8, 4) is 5.75 Å². The van der Waals surface area contributed by atoms with E-state index < -0.39 is 21.7 Å². The third-order valence-corrected chi connectivity index (χ3v) is 13.3. The molecule has 7 atom stereocenters. The minimum absolute atomic E-state index is 0.0397. The summed E-state index contributed by atoms with van der Waals surface area (Å²) in [6.45, 7) is 4.76. The lowest BCUT2D eigenvalue weighted by molar-refractivity contribution is -0.123. The van der Waals surface area contributed by atoms with Gasteiger partial charge in [0, 0.05) is 42.8 Å². The van der Waals surface area contributed by atoms with E-state index in [9.17, 15) is 13.8 Å². The predicted molar refractivity (Wildman–Crippen MR) is 187 cm³/mol. The van der Waals surface area contributed by atoms with E-state index in [4.69, 9.17) is 25.8 Å².